The average Bonchev–Trinajstić information content (AvgIpc) is 3.78. The van der Waals surface area contributed by atoms with E-state index in [9.17, 15) is 0 Å². The fourth-order valence-corrected chi connectivity index (χ4v) is 7.59. The minimum atomic E-state index is 0.272. The lowest BCUT2D eigenvalue weighted by molar-refractivity contribution is 0.181. The van der Waals surface area contributed by atoms with Crippen LogP contribution >= 0.6 is 11.6 Å². The van der Waals surface area contributed by atoms with Crippen molar-refractivity contribution in [2.45, 2.75) is 63.3 Å². The van der Waals surface area contributed by atoms with Gasteiger partial charge in [0.1, 0.15) is 5.82 Å². The molecule has 0 unspecified atom stereocenters. The minimum Gasteiger partial charge on any atom is -0.368 e. The highest BCUT2D eigenvalue weighted by Crippen LogP contribution is 2.53. The maximum Gasteiger partial charge on any atom is 0.248 e. The number of piperazine rings is 1. The first-order valence-corrected chi connectivity index (χ1v) is 16.0. The van der Waals surface area contributed by atoms with Gasteiger partial charge in [-0.25, -0.2) is 4.98 Å². The third-order valence-corrected chi connectivity index (χ3v) is 10.1. The Morgan fingerprint density at radius 2 is 1.74 bits per heavy atom. The molecular formula is C32H37ClN10. The van der Waals surface area contributed by atoms with Crippen LogP contribution in [0.1, 0.15) is 68.4 Å². The third-order valence-electron chi connectivity index (χ3n) is 9.82. The van der Waals surface area contributed by atoms with Crippen LogP contribution in [0, 0.1) is 5.92 Å². The van der Waals surface area contributed by atoms with Gasteiger partial charge in [-0.05, 0) is 87.0 Å². The van der Waals surface area contributed by atoms with Gasteiger partial charge in [0.15, 0.2) is 5.82 Å². The van der Waals surface area contributed by atoms with Gasteiger partial charge in [0.05, 0.1) is 22.6 Å². The molecule has 0 amide bonds. The maximum absolute atomic E-state index is 6.62. The van der Waals surface area contributed by atoms with Crippen LogP contribution in [0.25, 0.3) is 17.1 Å². The molecule has 3 aromatic heterocycles. The van der Waals surface area contributed by atoms with E-state index in [1.807, 2.05) is 36.5 Å². The topological polar surface area (TPSA) is 114 Å². The Morgan fingerprint density at radius 3 is 2.47 bits per heavy atom. The highest BCUT2D eigenvalue weighted by Gasteiger charge is 2.39. The van der Waals surface area contributed by atoms with Crippen molar-refractivity contribution >= 4 is 35.0 Å². The van der Waals surface area contributed by atoms with Crippen LogP contribution in [0.4, 0.5) is 23.4 Å². The van der Waals surface area contributed by atoms with E-state index in [4.69, 9.17) is 37.6 Å². The second kappa shape index (κ2) is 10.7. The van der Waals surface area contributed by atoms with Gasteiger partial charge in [0, 0.05) is 43.3 Å². The zero-order valence-electron chi connectivity index (χ0n) is 24.5. The van der Waals surface area contributed by atoms with Crippen LogP contribution in [0.5, 0.6) is 0 Å². The molecule has 9 rings (SSSR count). The van der Waals surface area contributed by atoms with Gasteiger partial charge >= 0.3 is 0 Å². The second-order valence-electron chi connectivity index (χ2n) is 12.7. The summed E-state index contributed by atoms with van der Waals surface area (Å²) in [5.41, 5.74) is 11.5. The molecule has 1 aromatic carbocycles. The molecule has 0 radical (unpaired) electrons. The van der Waals surface area contributed by atoms with Gasteiger partial charge < -0.3 is 16.0 Å². The Hall–Kier alpha value is -3.76. The van der Waals surface area contributed by atoms with Gasteiger partial charge in [-0.3, -0.25) is 4.90 Å². The molecule has 4 aliphatic carbocycles. The Labute approximate surface area is 256 Å². The largest absolute Gasteiger partial charge is 0.368 e. The molecule has 222 valence electrons. The average molecular weight is 597 g/mol. The van der Waals surface area contributed by atoms with Gasteiger partial charge in [0.25, 0.3) is 0 Å². The van der Waals surface area contributed by atoms with Crippen molar-refractivity contribution in [3.8, 4) is 17.1 Å². The number of fused-ring (bicyclic) bond motifs is 2. The number of pyridine rings is 1. The standard InChI is InChI=1S/C32H37ClN10/c1-19-17-42(15-14-41(19)18-20-6-7-20)26-13-12-23(16-35-26)36-32-37-31(34)43(40-32)30-28-22-10-8-21(9-11-22)27(28)29(38-39-30)24-4-2-3-5-25(24)33/h2-5,12-13,16,19-22H,6-11,14-15,17-18H2,1H3,(H3,34,36,37,40)/t19-,21?,22?/m0/s1. The van der Waals surface area contributed by atoms with Gasteiger partial charge in [0.2, 0.25) is 11.9 Å². The fourth-order valence-electron chi connectivity index (χ4n) is 7.36. The second-order valence-corrected chi connectivity index (χ2v) is 13.1. The third kappa shape index (κ3) is 5.00. The predicted octanol–water partition coefficient (Wildman–Crippen LogP) is 5.77. The van der Waals surface area contributed by atoms with E-state index in [1.54, 1.807) is 4.68 Å². The first kappa shape index (κ1) is 26.8. The monoisotopic (exact) mass is 596 g/mol. The summed E-state index contributed by atoms with van der Waals surface area (Å²) in [6.07, 6.45) is 9.19. The number of nitrogens with zero attached hydrogens (tertiary/aromatic N) is 8. The number of rotatable bonds is 7. The van der Waals surface area contributed by atoms with Crippen molar-refractivity contribution in [3.63, 3.8) is 0 Å². The zero-order chi connectivity index (χ0) is 29.1. The van der Waals surface area contributed by atoms with Gasteiger partial charge in [-0.2, -0.15) is 9.67 Å². The number of nitrogen functional groups attached to an aromatic ring is 1. The molecule has 4 heterocycles. The number of hydrogen-bond donors (Lipinski definition) is 2. The molecule has 3 N–H and O–H groups in total. The summed E-state index contributed by atoms with van der Waals surface area (Å²) in [5.74, 6) is 4.08. The maximum atomic E-state index is 6.62. The number of anilines is 4. The minimum absolute atomic E-state index is 0.272. The highest BCUT2D eigenvalue weighted by atomic mass is 35.5. The Morgan fingerprint density at radius 1 is 0.953 bits per heavy atom. The van der Waals surface area contributed by atoms with Crippen molar-refractivity contribution in [2.24, 2.45) is 5.92 Å². The molecule has 10 nitrogen and oxygen atoms in total. The normalized spacial score (nSPS) is 23.4. The summed E-state index contributed by atoms with van der Waals surface area (Å²) >= 11 is 6.62. The van der Waals surface area contributed by atoms with Gasteiger partial charge in [-0.15, -0.1) is 15.3 Å². The van der Waals surface area contributed by atoms with Crippen molar-refractivity contribution in [3.05, 3.63) is 58.7 Å². The van der Waals surface area contributed by atoms with E-state index in [0.29, 0.717) is 34.7 Å². The highest BCUT2D eigenvalue weighted by molar-refractivity contribution is 6.33. The predicted molar refractivity (Wildman–Crippen MR) is 169 cm³/mol. The lowest BCUT2D eigenvalue weighted by Gasteiger charge is -2.40. The van der Waals surface area contributed by atoms with E-state index in [2.05, 4.69) is 33.1 Å². The summed E-state index contributed by atoms with van der Waals surface area (Å²) in [4.78, 5) is 14.3. The summed E-state index contributed by atoms with van der Waals surface area (Å²) in [7, 11) is 0. The van der Waals surface area contributed by atoms with Crippen molar-refractivity contribution in [1.82, 2.24) is 34.8 Å². The van der Waals surface area contributed by atoms with Gasteiger partial charge in [-0.1, -0.05) is 29.8 Å². The molecule has 2 saturated carbocycles. The Bertz CT molecular complexity index is 1640. The number of hydrogen-bond acceptors (Lipinski definition) is 9. The number of nitrogens with one attached hydrogen (secondary N) is 1. The van der Waals surface area contributed by atoms with Crippen LogP contribution in [-0.4, -0.2) is 67.1 Å². The smallest absolute Gasteiger partial charge is 0.248 e. The lowest BCUT2D eigenvalue weighted by atomic mass is 9.66. The molecule has 0 spiro atoms. The number of aromatic nitrogens is 6. The SMILES string of the molecule is C[C@H]1CN(c2ccc(Nc3nc(N)n(-c4nnc(-c5ccccc5Cl)c5c4C4CCC5CC4)n3)cn2)CCN1CC1CC1. The first-order chi connectivity index (χ1) is 21.0. The lowest BCUT2D eigenvalue weighted by Crippen LogP contribution is -2.52. The van der Waals surface area contributed by atoms with E-state index in [0.717, 1.165) is 74.0 Å². The Kier molecular flexibility index (Phi) is 6.71. The first-order valence-electron chi connectivity index (χ1n) is 15.6. The summed E-state index contributed by atoms with van der Waals surface area (Å²) in [6, 6.07) is 12.5. The summed E-state index contributed by atoms with van der Waals surface area (Å²) < 4.78 is 1.63. The molecule has 1 saturated heterocycles. The van der Waals surface area contributed by atoms with Crippen LogP contribution in [-0.2, 0) is 0 Å². The fraction of sp³-hybridized carbons (Fsp3) is 0.469. The molecule has 1 aliphatic heterocycles. The summed E-state index contributed by atoms with van der Waals surface area (Å²) in [6.45, 7) is 6.66. The van der Waals surface area contributed by atoms with Crippen molar-refractivity contribution in [1.29, 1.82) is 0 Å². The molecule has 11 heteroatoms. The molecule has 2 bridgehead atoms. The van der Waals surface area contributed by atoms with E-state index in [1.165, 1.54) is 30.5 Å². The zero-order valence-corrected chi connectivity index (χ0v) is 25.2. The molecule has 5 aliphatic rings. The van der Waals surface area contributed by atoms with Crippen molar-refractivity contribution < 1.29 is 0 Å². The van der Waals surface area contributed by atoms with Crippen LogP contribution in [0.2, 0.25) is 5.02 Å². The molecule has 43 heavy (non-hydrogen) atoms. The van der Waals surface area contributed by atoms with Crippen LogP contribution in [0.3, 0.4) is 0 Å². The van der Waals surface area contributed by atoms with Crippen LogP contribution in [0.15, 0.2) is 42.6 Å². The van der Waals surface area contributed by atoms with E-state index in [-0.39, 0.29) is 5.95 Å². The Balaban J connectivity index is 1.04. The quantitative estimate of drug-likeness (QED) is 0.274. The van der Waals surface area contributed by atoms with Crippen molar-refractivity contribution in [2.75, 3.05) is 42.1 Å². The molecule has 3 fully saturated rings. The number of nitrogens with two attached hydrogens (primary N) is 1. The molecule has 1 atom stereocenters. The van der Waals surface area contributed by atoms with E-state index >= 15 is 0 Å². The molecule has 4 aromatic rings. The summed E-state index contributed by atoms with van der Waals surface area (Å²) in [5, 5.41) is 18.1. The number of halogens is 1. The van der Waals surface area contributed by atoms with Crippen LogP contribution < -0.4 is 16.0 Å². The molecular weight excluding hydrogens is 560 g/mol. The van der Waals surface area contributed by atoms with E-state index < -0.39 is 0 Å². The number of benzene rings is 1.